The van der Waals surface area contributed by atoms with Gasteiger partial charge in [0.05, 0.1) is 0 Å². The van der Waals surface area contributed by atoms with Crippen LogP contribution in [0.4, 0.5) is 0 Å². The summed E-state index contributed by atoms with van der Waals surface area (Å²) >= 11 is 0. The molecule has 1 radical (unpaired) electrons. The summed E-state index contributed by atoms with van der Waals surface area (Å²) in [7, 11) is 0. The predicted molar refractivity (Wildman–Crippen MR) is 36.5 cm³/mol. The first kappa shape index (κ1) is 5.87. The lowest BCUT2D eigenvalue weighted by atomic mass is 9.91. The van der Waals surface area contributed by atoms with Crippen LogP contribution in [-0.2, 0) is 0 Å². The van der Waals surface area contributed by atoms with Gasteiger partial charge in [0, 0.05) is 0 Å². The molecule has 1 unspecified atom stereocenters. The Bertz CT molecular complexity index is 101. The van der Waals surface area contributed by atoms with E-state index in [1.165, 1.54) is 24.8 Å². The van der Waals surface area contributed by atoms with Gasteiger partial charge in [-0.2, -0.15) is 0 Å². The SMILES string of the molecule is [CH2]C1=CCCCC1C. The maximum atomic E-state index is 3.94. The molecule has 1 aliphatic carbocycles. The second-order valence-electron chi connectivity index (χ2n) is 2.61. The average Bonchev–Trinajstić information content (AvgIpc) is 1.77. The standard InChI is InChI=1S/C8H13/c1-7-5-3-4-6-8(7)2/h5,8H,1,3-4,6H2,2H3. The van der Waals surface area contributed by atoms with Crippen molar-refractivity contribution in [2.24, 2.45) is 5.92 Å². The molecule has 0 amide bonds. The smallest absolute Gasteiger partial charge is 0.0231 e. The predicted octanol–water partition coefficient (Wildman–Crippen LogP) is 2.57. The van der Waals surface area contributed by atoms with E-state index in [0.29, 0.717) is 0 Å². The molecular weight excluding hydrogens is 96.1 g/mol. The van der Waals surface area contributed by atoms with Gasteiger partial charge in [-0.25, -0.2) is 0 Å². The molecule has 0 bridgehead atoms. The lowest BCUT2D eigenvalue weighted by Gasteiger charge is -2.15. The number of hydrogen-bond acceptors (Lipinski definition) is 0. The number of hydrogen-bond donors (Lipinski definition) is 0. The average molecular weight is 109 g/mol. The summed E-state index contributed by atoms with van der Waals surface area (Å²) in [5.74, 6) is 0.753. The highest BCUT2D eigenvalue weighted by molar-refractivity contribution is 5.11. The molecule has 0 saturated heterocycles. The maximum Gasteiger partial charge on any atom is -0.0231 e. The van der Waals surface area contributed by atoms with E-state index < -0.39 is 0 Å². The largest absolute Gasteiger partial charge is 0.0851 e. The van der Waals surface area contributed by atoms with E-state index in [1.54, 1.807) is 0 Å². The summed E-state index contributed by atoms with van der Waals surface area (Å²) < 4.78 is 0. The Balaban J connectivity index is 2.53. The molecule has 0 nitrogen and oxygen atoms in total. The molecule has 0 fully saturated rings. The minimum absolute atomic E-state index is 0.753. The van der Waals surface area contributed by atoms with Gasteiger partial charge in [-0.05, 0) is 32.1 Å². The highest BCUT2D eigenvalue weighted by atomic mass is 14.1. The van der Waals surface area contributed by atoms with Crippen LogP contribution in [0.5, 0.6) is 0 Å². The zero-order valence-corrected chi connectivity index (χ0v) is 5.48. The Morgan fingerprint density at radius 2 is 2.50 bits per heavy atom. The molecule has 45 valence electrons. The number of allylic oxidation sites excluding steroid dienone is 2. The zero-order chi connectivity index (χ0) is 5.98. The van der Waals surface area contributed by atoms with Crippen molar-refractivity contribution >= 4 is 0 Å². The normalized spacial score (nSPS) is 29.8. The van der Waals surface area contributed by atoms with Gasteiger partial charge in [0.2, 0.25) is 0 Å². The summed E-state index contributed by atoms with van der Waals surface area (Å²) in [5, 5.41) is 0. The van der Waals surface area contributed by atoms with E-state index in [9.17, 15) is 0 Å². The lowest BCUT2D eigenvalue weighted by Crippen LogP contribution is -2.00. The first-order valence-corrected chi connectivity index (χ1v) is 3.32. The van der Waals surface area contributed by atoms with Crippen LogP contribution in [0.25, 0.3) is 0 Å². The van der Waals surface area contributed by atoms with E-state index in [-0.39, 0.29) is 0 Å². The molecule has 0 heterocycles. The summed E-state index contributed by atoms with van der Waals surface area (Å²) in [4.78, 5) is 0. The maximum absolute atomic E-state index is 3.94. The summed E-state index contributed by atoms with van der Waals surface area (Å²) in [6.45, 7) is 6.19. The van der Waals surface area contributed by atoms with Crippen LogP contribution < -0.4 is 0 Å². The minimum atomic E-state index is 0.753. The third-order valence-corrected chi connectivity index (χ3v) is 1.88. The molecule has 0 saturated carbocycles. The van der Waals surface area contributed by atoms with Crippen molar-refractivity contribution in [1.82, 2.24) is 0 Å². The molecule has 0 heteroatoms. The monoisotopic (exact) mass is 109 g/mol. The Morgan fingerprint density at radius 3 is 2.88 bits per heavy atom. The molecule has 1 aliphatic rings. The molecule has 0 N–H and O–H groups in total. The van der Waals surface area contributed by atoms with Crippen molar-refractivity contribution in [3.05, 3.63) is 18.6 Å². The first-order valence-electron chi connectivity index (χ1n) is 3.32. The molecule has 0 aromatic rings. The van der Waals surface area contributed by atoms with Gasteiger partial charge in [-0.15, -0.1) is 0 Å². The minimum Gasteiger partial charge on any atom is -0.0851 e. The van der Waals surface area contributed by atoms with E-state index in [2.05, 4.69) is 19.9 Å². The van der Waals surface area contributed by atoms with Gasteiger partial charge in [0.1, 0.15) is 0 Å². The fraction of sp³-hybridized carbons (Fsp3) is 0.625. The van der Waals surface area contributed by atoms with Crippen LogP contribution >= 0.6 is 0 Å². The van der Waals surface area contributed by atoms with Crippen LogP contribution in [0.1, 0.15) is 26.2 Å². The third kappa shape index (κ3) is 1.12. The van der Waals surface area contributed by atoms with Crippen molar-refractivity contribution < 1.29 is 0 Å². The lowest BCUT2D eigenvalue weighted by molar-refractivity contribution is 0.562. The van der Waals surface area contributed by atoms with Crippen LogP contribution in [0, 0.1) is 12.8 Å². The van der Waals surface area contributed by atoms with Crippen molar-refractivity contribution in [2.75, 3.05) is 0 Å². The topological polar surface area (TPSA) is 0 Å². The van der Waals surface area contributed by atoms with Crippen molar-refractivity contribution in [3.63, 3.8) is 0 Å². The Morgan fingerprint density at radius 1 is 1.75 bits per heavy atom. The second kappa shape index (κ2) is 2.34. The quantitative estimate of drug-likeness (QED) is 0.448. The summed E-state index contributed by atoms with van der Waals surface area (Å²) in [6, 6.07) is 0. The Labute approximate surface area is 51.6 Å². The highest BCUT2D eigenvalue weighted by Gasteiger charge is 2.06. The molecular formula is C8H13. The number of rotatable bonds is 0. The van der Waals surface area contributed by atoms with Gasteiger partial charge in [-0.1, -0.05) is 18.6 Å². The van der Waals surface area contributed by atoms with E-state index in [1.807, 2.05) is 0 Å². The third-order valence-electron chi connectivity index (χ3n) is 1.88. The summed E-state index contributed by atoms with van der Waals surface area (Å²) in [5.41, 5.74) is 1.34. The Kier molecular flexibility index (Phi) is 1.72. The first-order chi connectivity index (χ1) is 3.80. The zero-order valence-electron chi connectivity index (χ0n) is 5.48. The fourth-order valence-corrected chi connectivity index (χ4v) is 1.10. The Hall–Kier alpha value is -0.260. The van der Waals surface area contributed by atoms with Crippen LogP contribution in [0.3, 0.4) is 0 Å². The summed E-state index contributed by atoms with van der Waals surface area (Å²) in [6.07, 6.45) is 6.22. The van der Waals surface area contributed by atoms with Gasteiger partial charge in [0.15, 0.2) is 0 Å². The second-order valence-corrected chi connectivity index (χ2v) is 2.61. The van der Waals surface area contributed by atoms with Gasteiger partial charge < -0.3 is 0 Å². The van der Waals surface area contributed by atoms with E-state index in [4.69, 9.17) is 0 Å². The molecule has 1 rings (SSSR count). The van der Waals surface area contributed by atoms with Crippen molar-refractivity contribution in [2.45, 2.75) is 26.2 Å². The van der Waals surface area contributed by atoms with Crippen LogP contribution in [0.2, 0.25) is 0 Å². The highest BCUT2D eigenvalue weighted by Crippen LogP contribution is 2.22. The van der Waals surface area contributed by atoms with Crippen LogP contribution in [-0.4, -0.2) is 0 Å². The molecule has 0 aromatic heterocycles. The van der Waals surface area contributed by atoms with Gasteiger partial charge >= 0.3 is 0 Å². The van der Waals surface area contributed by atoms with E-state index >= 15 is 0 Å². The fourth-order valence-electron chi connectivity index (χ4n) is 1.10. The van der Waals surface area contributed by atoms with Crippen molar-refractivity contribution in [3.8, 4) is 0 Å². The van der Waals surface area contributed by atoms with E-state index in [0.717, 1.165) is 5.92 Å². The molecule has 0 aliphatic heterocycles. The van der Waals surface area contributed by atoms with Gasteiger partial charge in [-0.3, -0.25) is 0 Å². The molecule has 8 heavy (non-hydrogen) atoms. The van der Waals surface area contributed by atoms with Crippen LogP contribution in [0.15, 0.2) is 11.6 Å². The van der Waals surface area contributed by atoms with Crippen molar-refractivity contribution in [1.29, 1.82) is 0 Å². The molecule has 0 spiro atoms. The molecule has 0 aromatic carbocycles. The van der Waals surface area contributed by atoms with Gasteiger partial charge in [0.25, 0.3) is 0 Å². The molecule has 1 atom stereocenters.